The molecule has 0 unspecified atom stereocenters. The van der Waals surface area contributed by atoms with Gasteiger partial charge in [0.25, 0.3) is 5.91 Å². The van der Waals surface area contributed by atoms with Gasteiger partial charge in [0.2, 0.25) is 0 Å². The number of hydrazone groups is 1. The first-order valence-electron chi connectivity index (χ1n) is 12.0. The summed E-state index contributed by atoms with van der Waals surface area (Å²) in [5.41, 5.74) is 5.06. The Balaban J connectivity index is 1.63. The summed E-state index contributed by atoms with van der Waals surface area (Å²) in [6.45, 7) is 5.88. The average Bonchev–Trinajstić information content (AvgIpc) is 3.21. The van der Waals surface area contributed by atoms with Gasteiger partial charge in [-0.3, -0.25) is 4.79 Å². The van der Waals surface area contributed by atoms with Crippen LogP contribution in [0, 0.1) is 13.8 Å². The minimum absolute atomic E-state index is 0.284. The first-order valence-corrected chi connectivity index (χ1v) is 12.0. The Labute approximate surface area is 216 Å². The second-order valence-electron chi connectivity index (χ2n) is 8.54. The second kappa shape index (κ2) is 11.1. The molecule has 0 saturated heterocycles. The van der Waals surface area contributed by atoms with Gasteiger partial charge in [-0.05, 0) is 50.1 Å². The van der Waals surface area contributed by atoms with Crippen molar-refractivity contribution < 1.29 is 19.4 Å². The number of aryl methyl sites for hydroxylation is 1. The van der Waals surface area contributed by atoms with E-state index < -0.39 is 17.5 Å². The number of carbonyl (C=O) groups is 2. The molecule has 0 aliphatic heterocycles. The zero-order valence-electron chi connectivity index (χ0n) is 21.0. The maximum Gasteiger partial charge on any atom is 0.340 e. The molecule has 3 aromatic carbocycles. The van der Waals surface area contributed by atoms with E-state index in [9.17, 15) is 14.7 Å². The van der Waals surface area contributed by atoms with Crippen molar-refractivity contribution in [3.8, 4) is 5.69 Å². The molecule has 0 aliphatic carbocycles. The number of carbonyl (C=O) groups excluding carboxylic acids is 2. The molecule has 0 aliphatic rings. The number of rotatable bonds is 8. The molecule has 37 heavy (non-hydrogen) atoms. The lowest BCUT2D eigenvalue weighted by Gasteiger charge is -2.27. The van der Waals surface area contributed by atoms with Crippen LogP contribution in [0.25, 0.3) is 5.69 Å². The van der Waals surface area contributed by atoms with Gasteiger partial charge in [-0.15, -0.1) is 0 Å². The van der Waals surface area contributed by atoms with Crippen LogP contribution >= 0.6 is 0 Å². The van der Waals surface area contributed by atoms with Crippen molar-refractivity contribution in [2.75, 3.05) is 6.61 Å². The molecule has 4 aromatic rings. The molecule has 0 bridgehead atoms. The van der Waals surface area contributed by atoms with E-state index in [0.717, 1.165) is 17.0 Å². The average molecular weight is 496 g/mol. The number of hydrogen-bond acceptors (Lipinski definition) is 5. The Bertz CT molecular complexity index is 1390. The molecule has 0 atom stereocenters. The van der Waals surface area contributed by atoms with Crippen LogP contribution in [-0.2, 0) is 15.1 Å². The summed E-state index contributed by atoms with van der Waals surface area (Å²) in [5.74, 6) is -1.07. The maximum absolute atomic E-state index is 13.3. The summed E-state index contributed by atoms with van der Waals surface area (Å²) in [7, 11) is 0. The van der Waals surface area contributed by atoms with Crippen LogP contribution in [0.3, 0.4) is 0 Å². The number of nitrogens with zero attached hydrogens (tertiary/aromatic N) is 2. The Morgan fingerprint density at radius 1 is 0.946 bits per heavy atom. The van der Waals surface area contributed by atoms with E-state index in [4.69, 9.17) is 4.74 Å². The summed E-state index contributed by atoms with van der Waals surface area (Å²) in [6, 6.07) is 26.7. The topological polar surface area (TPSA) is 92.9 Å². The number of aliphatic hydroxyl groups is 1. The number of ether oxygens (including phenoxy) is 1. The first-order chi connectivity index (χ1) is 17.9. The Kier molecular flexibility index (Phi) is 7.65. The molecule has 4 rings (SSSR count). The van der Waals surface area contributed by atoms with E-state index in [1.165, 1.54) is 6.21 Å². The SMILES string of the molecule is CCOC(=O)c1ccccc1-n1c(C)cc(C=NNC(=O)C(O)(c2ccccc2)c2ccccc2)c1C. The summed E-state index contributed by atoms with van der Waals surface area (Å²) in [4.78, 5) is 25.8. The van der Waals surface area contributed by atoms with E-state index in [1.54, 1.807) is 67.6 Å². The monoisotopic (exact) mass is 495 g/mol. The lowest BCUT2D eigenvalue weighted by molar-refractivity contribution is -0.136. The molecule has 0 fully saturated rings. The van der Waals surface area contributed by atoms with Gasteiger partial charge in [0, 0.05) is 17.0 Å². The number of para-hydroxylation sites is 1. The maximum atomic E-state index is 13.3. The number of nitrogens with one attached hydrogen (secondary N) is 1. The highest BCUT2D eigenvalue weighted by Gasteiger charge is 2.39. The molecule has 2 N–H and O–H groups in total. The van der Waals surface area contributed by atoms with Gasteiger partial charge in [-0.1, -0.05) is 72.8 Å². The van der Waals surface area contributed by atoms with Gasteiger partial charge in [-0.25, -0.2) is 10.2 Å². The third-order valence-corrected chi connectivity index (χ3v) is 6.19. The van der Waals surface area contributed by atoms with Gasteiger partial charge in [0.15, 0.2) is 5.60 Å². The number of benzene rings is 3. The summed E-state index contributed by atoms with van der Waals surface area (Å²) in [5, 5.41) is 15.7. The minimum atomic E-state index is -1.92. The molecule has 188 valence electrons. The number of esters is 1. The molecule has 1 aromatic heterocycles. The van der Waals surface area contributed by atoms with E-state index in [-0.39, 0.29) is 6.61 Å². The van der Waals surface area contributed by atoms with Crippen molar-refractivity contribution >= 4 is 18.1 Å². The highest BCUT2D eigenvalue weighted by Crippen LogP contribution is 2.30. The van der Waals surface area contributed by atoms with Crippen molar-refractivity contribution in [1.29, 1.82) is 0 Å². The fraction of sp³-hybridized carbons (Fsp3) is 0.167. The molecule has 0 spiro atoms. The van der Waals surface area contributed by atoms with Crippen LogP contribution in [0.5, 0.6) is 0 Å². The second-order valence-corrected chi connectivity index (χ2v) is 8.54. The normalized spacial score (nSPS) is 11.5. The van der Waals surface area contributed by atoms with E-state index in [1.807, 2.05) is 48.7 Å². The highest BCUT2D eigenvalue weighted by atomic mass is 16.5. The fourth-order valence-electron chi connectivity index (χ4n) is 4.37. The molecule has 0 radical (unpaired) electrons. The molecule has 7 heteroatoms. The molecule has 1 amide bonds. The van der Waals surface area contributed by atoms with Gasteiger partial charge < -0.3 is 14.4 Å². The van der Waals surface area contributed by atoms with E-state index in [2.05, 4.69) is 10.5 Å². The zero-order chi connectivity index (χ0) is 26.4. The van der Waals surface area contributed by atoms with Crippen LogP contribution in [0.1, 0.15) is 45.4 Å². The summed E-state index contributed by atoms with van der Waals surface area (Å²) < 4.78 is 7.17. The van der Waals surface area contributed by atoms with Gasteiger partial charge >= 0.3 is 5.97 Å². The minimum Gasteiger partial charge on any atom is -0.462 e. The fourth-order valence-corrected chi connectivity index (χ4v) is 4.37. The van der Waals surface area contributed by atoms with Crippen molar-refractivity contribution in [3.05, 3.63) is 125 Å². The van der Waals surface area contributed by atoms with Crippen molar-refractivity contribution in [2.45, 2.75) is 26.4 Å². The first kappa shape index (κ1) is 25.6. The Morgan fingerprint density at radius 3 is 2.11 bits per heavy atom. The number of amides is 1. The predicted octanol–water partition coefficient (Wildman–Crippen LogP) is 4.66. The summed E-state index contributed by atoms with van der Waals surface area (Å²) >= 11 is 0. The number of aromatic nitrogens is 1. The van der Waals surface area contributed by atoms with Crippen LogP contribution in [0.2, 0.25) is 0 Å². The lowest BCUT2D eigenvalue weighted by Crippen LogP contribution is -2.43. The van der Waals surface area contributed by atoms with Crippen LogP contribution in [0.4, 0.5) is 0 Å². The third kappa shape index (κ3) is 5.08. The highest BCUT2D eigenvalue weighted by molar-refractivity contribution is 5.94. The lowest BCUT2D eigenvalue weighted by atomic mass is 9.85. The molecule has 0 saturated carbocycles. The van der Waals surface area contributed by atoms with Crippen molar-refractivity contribution in [2.24, 2.45) is 5.10 Å². The van der Waals surface area contributed by atoms with E-state index >= 15 is 0 Å². The van der Waals surface area contributed by atoms with Crippen molar-refractivity contribution in [3.63, 3.8) is 0 Å². The van der Waals surface area contributed by atoms with E-state index in [0.29, 0.717) is 22.4 Å². The zero-order valence-corrected chi connectivity index (χ0v) is 21.0. The summed E-state index contributed by atoms with van der Waals surface area (Å²) in [6.07, 6.45) is 1.53. The number of hydrogen-bond donors (Lipinski definition) is 2. The van der Waals surface area contributed by atoms with Gasteiger partial charge in [-0.2, -0.15) is 5.10 Å². The third-order valence-electron chi connectivity index (χ3n) is 6.19. The Hall–Kier alpha value is -4.49. The largest absolute Gasteiger partial charge is 0.462 e. The standard InChI is InChI=1S/C30H29N3O4/c1-4-37-28(34)26-17-11-12-18-27(26)33-21(2)19-23(22(33)3)20-31-32-29(35)30(36,24-13-7-5-8-14-24)25-15-9-6-10-16-25/h5-20,36H,4H2,1-3H3,(H,32,35). The molecular weight excluding hydrogens is 466 g/mol. The smallest absolute Gasteiger partial charge is 0.340 e. The molecular formula is C30H29N3O4. The predicted molar refractivity (Wildman–Crippen MR) is 143 cm³/mol. The van der Waals surface area contributed by atoms with Crippen LogP contribution in [-0.4, -0.2) is 34.4 Å². The molecule has 1 heterocycles. The van der Waals surface area contributed by atoms with Gasteiger partial charge in [0.05, 0.1) is 24.1 Å². The van der Waals surface area contributed by atoms with Crippen molar-refractivity contribution in [1.82, 2.24) is 9.99 Å². The van der Waals surface area contributed by atoms with Gasteiger partial charge in [0.1, 0.15) is 0 Å². The quantitative estimate of drug-likeness (QED) is 0.211. The Morgan fingerprint density at radius 2 is 1.51 bits per heavy atom. The van der Waals surface area contributed by atoms with Crippen LogP contribution in [0.15, 0.2) is 96.1 Å². The van der Waals surface area contributed by atoms with Crippen LogP contribution < -0.4 is 5.43 Å². The molecule has 7 nitrogen and oxygen atoms in total.